The third-order valence-electron chi connectivity index (χ3n) is 8.62. The van der Waals surface area contributed by atoms with E-state index in [2.05, 4.69) is 10.3 Å². The van der Waals surface area contributed by atoms with E-state index in [1.54, 1.807) is 24.1 Å². The molecule has 0 bridgehead atoms. The summed E-state index contributed by atoms with van der Waals surface area (Å²) in [5.41, 5.74) is -0.783. The molecule has 0 unspecified atom stereocenters. The molecule has 0 spiro atoms. The highest BCUT2D eigenvalue weighted by Crippen LogP contribution is 2.47. The average molecular weight is 566 g/mol. The first-order chi connectivity index (χ1) is 19.8. The Kier molecular flexibility index (Phi) is 7.13. The third-order valence-corrected chi connectivity index (χ3v) is 8.62. The van der Waals surface area contributed by atoms with Gasteiger partial charge in [-0.3, -0.25) is 9.59 Å². The Morgan fingerprint density at radius 2 is 2.05 bits per heavy atom. The Balaban J connectivity index is 1.31. The number of carbonyl (C=O) groups is 3. The van der Waals surface area contributed by atoms with Gasteiger partial charge in [-0.1, -0.05) is 12.2 Å². The monoisotopic (exact) mass is 565 g/mol. The van der Waals surface area contributed by atoms with E-state index in [4.69, 9.17) is 18.9 Å². The highest BCUT2D eigenvalue weighted by Gasteiger charge is 2.61. The van der Waals surface area contributed by atoms with Crippen LogP contribution in [0.25, 0.3) is 10.9 Å². The molecule has 1 aromatic carbocycles. The van der Waals surface area contributed by atoms with Crippen molar-refractivity contribution in [1.29, 1.82) is 0 Å². The van der Waals surface area contributed by atoms with Crippen LogP contribution in [-0.2, 0) is 14.4 Å². The molecule has 2 aliphatic carbocycles. The molecule has 2 saturated carbocycles. The number of amides is 2. The summed E-state index contributed by atoms with van der Waals surface area (Å²) in [6, 6.07) is 5.35. The molecular formula is C30H35N3O8. The molecule has 4 aliphatic rings. The standard InChI is InChI=1S/C30H35N3O8/c1-3-38-24-14-23(19-9-10-22-26(25(19)31-24)40-16-39-22)41-18-12-20-21(13-18)28(35)33(2)11-7-5-4-6-8-17-15-30(17,29(36)37)32-27(20)34/h6,8-10,14,17-18,20-21H,3-5,7,11-13,15-16H2,1-2H3,(H,32,34)(H,36,37)/b8-6-/t17-,18-,20-,21-,30+/m1/s1. The number of benzene rings is 1. The Labute approximate surface area is 237 Å². The number of ether oxygens (including phenoxy) is 4. The van der Waals surface area contributed by atoms with E-state index in [0.29, 0.717) is 60.0 Å². The maximum Gasteiger partial charge on any atom is 0.330 e. The summed E-state index contributed by atoms with van der Waals surface area (Å²) in [6.07, 6.45) is 6.87. The lowest BCUT2D eigenvalue weighted by atomic mass is 9.93. The van der Waals surface area contributed by atoms with Gasteiger partial charge in [0.15, 0.2) is 11.5 Å². The van der Waals surface area contributed by atoms with Crippen molar-refractivity contribution in [3.63, 3.8) is 0 Å². The van der Waals surface area contributed by atoms with E-state index in [1.165, 1.54) is 0 Å². The van der Waals surface area contributed by atoms with Crippen LogP contribution in [-0.4, -0.2) is 71.4 Å². The normalized spacial score (nSPS) is 30.1. The summed E-state index contributed by atoms with van der Waals surface area (Å²) >= 11 is 0. The smallest absolute Gasteiger partial charge is 0.330 e. The van der Waals surface area contributed by atoms with Gasteiger partial charge in [0.1, 0.15) is 22.9 Å². The van der Waals surface area contributed by atoms with E-state index in [-0.39, 0.29) is 25.0 Å². The van der Waals surface area contributed by atoms with Crippen LogP contribution in [0.3, 0.4) is 0 Å². The number of hydrogen-bond acceptors (Lipinski definition) is 8. The van der Waals surface area contributed by atoms with Crippen molar-refractivity contribution in [3.8, 4) is 23.1 Å². The van der Waals surface area contributed by atoms with Crippen molar-refractivity contribution < 1.29 is 38.4 Å². The molecule has 0 radical (unpaired) electrons. The predicted molar refractivity (Wildman–Crippen MR) is 147 cm³/mol. The van der Waals surface area contributed by atoms with Gasteiger partial charge in [-0.25, -0.2) is 9.78 Å². The second-order valence-electron chi connectivity index (χ2n) is 11.3. The number of aliphatic carboxylic acids is 1. The maximum absolute atomic E-state index is 13.7. The van der Waals surface area contributed by atoms with Gasteiger partial charge in [0.25, 0.3) is 0 Å². The summed E-state index contributed by atoms with van der Waals surface area (Å²) in [4.78, 5) is 45.8. The molecule has 0 saturated heterocycles. The summed E-state index contributed by atoms with van der Waals surface area (Å²) in [5, 5.41) is 13.5. The molecule has 11 heteroatoms. The number of carboxylic acids is 1. The summed E-state index contributed by atoms with van der Waals surface area (Å²) in [5.74, 6) is -1.25. The Morgan fingerprint density at radius 3 is 2.85 bits per heavy atom. The van der Waals surface area contributed by atoms with E-state index in [0.717, 1.165) is 19.3 Å². The zero-order valence-corrected chi connectivity index (χ0v) is 23.3. The van der Waals surface area contributed by atoms with Crippen molar-refractivity contribution in [2.45, 2.75) is 57.1 Å². The number of carboxylic acid groups (broad SMARTS) is 1. The fourth-order valence-electron chi connectivity index (χ4n) is 6.29. The number of hydrogen-bond donors (Lipinski definition) is 2. The second kappa shape index (κ2) is 10.8. The summed E-state index contributed by atoms with van der Waals surface area (Å²) in [7, 11) is 1.76. The minimum Gasteiger partial charge on any atom is -0.489 e. The summed E-state index contributed by atoms with van der Waals surface area (Å²) in [6.45, 7) is 2.95. The zero-order valence-electron chi connectivity index (χ0n) is 23.3. The number of aromatic nitrogens is 1. The van der Waals surface area contributed by atoms with Crippen molar-refractivity contribution in [3.05, 3.63) is 30.4 Å². The highest BCUT2D eigenvalue weighted by molar-refractivity contribution is 5.95. The van der Waals surface area contributed by atoms with Gasteiger partial charge in [0.2, 0.25) is 24.5 Å². The van der Waals surface area contributed by atoms with Gasteiger partial charge < -0.3 is 34.3 Å². The molecule has 41 heavy (non-hydrogen) atoms. The van der Waals surface area contributed by atoms with Crippen LogP contribution >= 0.6 is 0 Å². The topological polar surface area (TPSA) is 137 Å². The predicted octanol–water partition coefficient (Wildman–Crippen LogP) is 3.29. The fourth-order valence-corrected chi connectivity index (χ4v) is 6.29. The van der Waals surface area contributed by atoms with Crippen LogP contribution in [0.5, 0.6) is 23.1 Å². The average Bonchev–Trinajstić information content (AvgIpc) is 3.26. The molecule has 2 N–H and O–H groups in total. The van der Waals surface area contributed by atoms with Gasteiger partial charge in [0.05, 0.1) is 18.4 Å². The van der Waals surface area contributed by atoms with Gasteiger partial charge in [-0.15, -0.1) is 0 Å². The van der Waals surface area contributed by atoms with Gasteiger partial charge in [-0.05, 0) is 57.6 Å². The van der Waals surface area contributed by atoms with Crippen molar-refractivity contribution in [2.75, 3.05) is 27.0 Å². The van der Waals surface area contributed by atoms with Crippen molar-refractivity contribution >= 4 is 28.7 Å². The van der Waals surface area contributed by atoms with Crippen molar-refractivity contribution in [1.82, 2.24) is 15.2 Å². The van der Waals surface area contributed by atoms with Gasteiger partial charge in [-0.2, -0.15) is 0 Å². The molecule has 218 valence electrons. The Morgan fingerprint density at radius 1 is 1.22 bits per heavy atom. The first-order valence-electron chi connectivity index (χ1n) is 14.3. The second-order valence-corrected chi connectivity index (χ2v) is 11.3. The SMILES string of the molecule is CCOc1cc(O[C@@H]2C[C@H]3C(=O)N[C@@]4(C(=O)O)C[C@H]4/C=C\CCCCN(C)C(=O)[C@@H]3C2)c2ccc3c(c2n1)OCO3. The van der Waals surface area contributed by atoms with Crippen LogP contribution in [0.2, 0.25) is 0 Å². The number of carbonyl (C=O) groups excluding carboxylic acids is 2. The first kappa shape index (κ1) is 27.2. The number of allylic oxidation sites excluding steroid dienone is 1. The largest absolute Gasteiger partial charge is 0.489 e. The number of nitrogens with one attached hydrogen (secondary N) is 1. The molecule has 6 rings (SSSR count). The minimum atomic E-state index is -1.33. The molecule has 1 aromatic heterocycles. The van der Waals surface area contributed by atoms with Gasteiger partial charge in [0, 0.05) is 31.0 Å². The molecule has 2 aliphatic heterocycles. The Bertz CT molecular complexity index is 1410. The van der Waals surface area contributed by atoms with Crippen molar-refractivity contribution in [2.24, 2.45) is 17.8 Å². The fraction of sp³-hybridized carbons (Fsp3) is 0.533. The zero-order chi connectivity index (χ0) is 28.7. The molecule has 2 aromatic rings. The molecule has 3 heterocycles. The van der Waals surface area contributed by atoms with E-state index < -0.39 is 35.4 Å². The van der Waals surface area contributed by atoms with E-state index in [1.807, 2.05) is 25.1 Å². The number of nitrogens with zero attached hydrogens (tertiary/aromatic N) is 2. The molecule has 5 atom stereocenters. The van der Waals surface area contributed by atoms with E-state index >= 15 is 0 Å². The van der Waals surface area contributed by atoms with E-state index in [9.17, 15) is 19.5 Å². The minimum absolute atomic E-state index is 0.0936. The van der Waals surface area contributed by atoms with Crippen LogP contribution in [0, 0.1) is 17.8 Å². The quantitative estimate of drug-likeness (QED) is 0.523. The van der Waals surface area contributed by atoms with Crippen LogP contribution < -0.4 is 24.3 Å². The lowest BCUT2D eigenvalue weighted by Gasteiger charge is -2.26. The van der Waals surface area contributed by atoms with Crippen LogP contribution in [0.15, 0.2) is 30.4 Å². The van der Waals surface area contributed by atoms with Gasteiger partial charge >= 0.3 is 5.97 Å². The van der Waals surface area contributed by atoms with Crippen LogP contribution in [0.1, 0.15) is 45.4 Å². The molecular weight excluding hydrogens is 530 g/mol. The molecule has 11 nitrogen and oxygen atoms in total. The lowest BCUT2D eigenvalue weighted by Crippen LogP contribution is -2.49. The number of fused-ring (bicyclic) bond motifs is 5. The maximum atomic E-state index is 13.7. The summed E-state index contributed by atoms with van der Waals surface area (Å²) < 4.78 is 23.4. The molecule has 2 fully saturated rings. The number of pyridine rings is 1. The van der Waals surface area contributed by atoms with Crippen LogP contribution in [0.4, 0.5) is 0 Å². The lowest BCUT2D eigenvalue weighted by molar-refractivity contribution is -0.145. The Hall–Kier alpha value is -4.02. The first-order valence-corrected chi connectivity index (χ1v) is 14.3. The third kappa shape index (κ3) is 5.02. The number of rotatable bonds is 5. The molecule has 2 amide bonds. The highest BCUT2D eigenvalue weighted by atomic mass is 16.7.